The van der Waals surface area contributed by atoms with E-state index < -0.39 is 5.97 Å². The topological polar surface area (TPSA) is 62.2 Å². The highest BCUT2D eigenvalue weighted by molar-refractivity contribution is 7.14. The maximum Gasteiger partial charge on any atom is 0.306 e. The fourth-order valence-electron chi connectivity index (χ4n) is 3.17. The van der Waals surface area contributed by atoms with Crippen molar-refractivity contribution in [3.05, 3.63) is 35.2 Å². The van der Waals surface area contributed by atoms with Gasteiger partial charge < -0.3 is 10.4 Å². The molecular formula is C19H24N2O2S. The molecule has 0 bridgehead atoms. The molecule has 1 aromatic heterocycles. The Morgan fingerprint density at radius 1 is 1.21 bits per heavy atom. The third kappa shape index (κ3) is 3.96. The van der Waals surface area contributed by atoms with Gasteiger partial charge in [0.05, 0.1) is 11.6 Å². The standard InChI is InChI=1S/C19H24N2O2S/c1-12(2)13-3-5-14(6-4-13)17-11-24-19(21-17)20-16-9-7-15(8-10-16)18(22)23/h3-6,11-12,15-16H,7-10H2,1-2H3,(H,20,21)(H,22,23). The molecular weight excluding hydrogens is 320 g/mol. The lowest BCUT2D eigenvalue weighted by Crippen LogP contribution is -2.29. The van der Waals surface area contributed by atoms with Gasteiger partial charge in [0.1, 0.15) is 0 Å². The molecule has 0 atom stereocenters. The Morgan fingerprint density at radius 2 is 1.88 bits per heavy atom. The average Bonchev–Trinajstić information content (AvgIpc) is 3.04. The van der Waals surface area contributed by atoms with Gasteiger partial charge in [-0.2, -0.15) is 0 Å². The summed E-state index contributed by atoms with van der Waals surface area (Å²) in [5.41, 5.74) is 3.47. The molecule has 1 fully saturated rings. The molecule has 0 saturated heterocycles. The predicted octanol–water partition coefficient (Wildman–Crippen LogP) is 4.99. The highest BCUT2D eigenvalue weighted by atomic mass is 32.1. The zero-order chi connectivity index (χ0) is 17.1. The van der Waals surface area contributed by atoms with Crippen molar-refractivity contribution in [2.24, 2.45) is 5.92 Å². The second kappa shape index (κ2) is 7.34. The molecule has 1 saturated carbocycles. The lowest BCUT2D eigenvalue weighted by atomic mass is 9.86. The zero-order valence-electron chi connectivity index (χ0n) is 14.2. The molecule has 0 radical (unpaired) electrons. The SMILES string of the molecule is CC(C)c1ccc(-c2csc(NC3CCC(C(=O)O)CC3)n2)cc1. The van der Waals surface area contributed by atoms with Gasteiger partial charge in [0.25, 0.3) is 0 Å². The van der Waals surface area contributed by atoms with E-state index in [1.165, 1.54) is 5.56 Å². The molecule has 1 aliphatic carbocycles. The second-order valence-electron chi connectivity index (χ2n) is 6.85. The van der Waals surface area contributed by atoms with E-state index in [-0.39, 0.29) is 5.92 Å². The van der Waals surface area contributed by atoms with Gasteiger partial charge in [-0.3, -0.25) is 4.79 Å². The molecule has 0 spiro atoms. The number of carbonyl (C=O) groups is 1. The summed E-state index contributed by atoms with van der Waals surface area (Å²) in [5, 5.41) is 15.5. The smallest absolute Gasteiger partial charge is 0.306 e. The largest absolute Gasteiger partial charge is 0.481 e. The summed E-state index contributed by atoms with van der Waals surface area (Å²) in [5.74, 6) is -0.295. The van der Waals surface area contributed by atoms with Crippen LogP contribution in [-0.2, 0) is 4.79 Å². The monoisotopic (exact) mass is 344 g/mol. The maximum absolute atomic E-state index is 11.0. The minimum Gasteiger partial charge on any atom is -0.481 e. The van der Waals surface area contributed by atoms with Crippen LogP contribution in [-0.4, -0.2) is 22.1 Å². The molecule has 128 valence electrons. The fraction of sp³-hybridized carbons (Fsp3) is 0.474. The summed E-state index contributed by atoms with van der Waals surface area (Å²) < 4.78 is 0. The maximum atomic E-state index is 11.0. The number of hydrogen-bond donors (Lipinski definition) is 2. The first-order chi connectivity index (χ1) is 11.5. The van der Waals surface area contributed by atoms with Crippen LogP contribution in [0.5, 0.6) is 0 Å². The van der Waals surface area contributed by atoms with Crippen LogP contribution < -0.4 is 5.32 Å². The number of aromatic nitrogens is 1. The Morgan fingerprint density at radius 3 is 2.46 bits per heavy atom. The van der Waals surface area contributed by atoms with Gasteiger partial charge in [-0.25, -0.2) is 4.98 Å². The molecule has 0 amide bonds. The Labute approximate surface area is 146 Å². The van der Waals surface area contributed by atoms with Gasteiger partial charge in [0.15, 0.2) is 5.13 Å². The third-order valence-electron chi connectivity index (χ3n) is 4.78. The minimum atomic E-state index is -0.658. The first kappa shape index (κ1) is 17.0. The Kier molecular flexibility index (Phi) is 5.19. The third-order valence-corrected chi connectivity index (χ3v) is 5.55. The number of thiazole rings is 1. The fourth-order valence-corrected chi connectivity index (χ4v) is 3.97. The molecule has 4 nitrogen and oxygen atoms in total. The van der Waals surface area contributed by atoms with Crippen molar-refractivity contribution in [1.82, 2.24) is 4.98 Å². The Balaban J connectivity index is 1.61. The van der Waals surface area contributed by atoms with Crippen molar-refractivity contribution in [3.63, 3.8) is 0 Å². The average molecular weight is 344 g/mol. The van der Waals surface area contributed by atoms with E-state index in [2.05, 4.69) is 48.8 Å². The van der Waals surface area contributed by atoms with Crippen LogP contribution in [0.1, 0.15) is 51.0 Å². The van der Waals surface area contributed by atoms with Crippen molar-refractivity contribution in [1.29, 1.82) is 0 Å². The van der Waals surface area contributed by atoms with Crippen LogP contribution in [0.15, 0.2) is 29.6 Å². The number of hydrogen-bond acceptors (Lipinski definition) is 4. The molecule has 3 rings (SSSR count). The normalized spacial score (nSPS) is 21.0. The number of aliphatic carboxylic acids is 1. The van der Waals surface area contributed by atoms with Gasteiger partial charge in [0.2, 0.25) is 0 Å². The zero-order valence-corrected chi connectivity index (χ0v) is 15.0. The molecule has 1 heterocycles. The van der Waals surface area contributed by atoms with E-state index in [0.29, 0.717) is 12.0 Å². The summed E-state index contributed by atoms with van der Waals surface area (Å²) in [4.78, 5) is 15.7. The van der Waals surface area contributed by atoms with Gasteiger partial charge >= 0.3 is 5.97 Å². The molecule has 5 heteroatoms. The van der Waals surface area contributed by atoms with Crippen molar-refractivity contribution < 1.29 is 9.90 Å². The molecule has 2 N–H and O–H groups in total. The van der Waals surface area contributed by atoms with E-state index in [4.69, 9.17) is 10.1 Å². The summed E-state index contributed by atoms with van der Waals surface area (Å²) in [6.07, 6.45) is 3.30. The Bertz CT molecular complexity index is 686. The van der Waals surface area contributed by atoms with Crippen molar-refractivity contribution in [3.8, 4) is 11.3 Å². The summed E-state index contributed by atoms with van der Waals surface area (Å²) in [6, 6.07) is 8.93. The number of nitrogens with one attached hydrogen (secondary N) is 1. The summed E-state index contributed by atoms with van der Waals surface area (Å²) >= 11 is 1.62. The summed E-state index contributed by atoms with van der Waals surface area (Å²) in [7, 11) is 0. The number of carboxylic acids is 1. The van der Waals surface area contributed by atoms with Crippen LogP contribution in [0.25, 0.3) is 11.3 Å². The van der Waals surface area contributed by atoms with Gasteiger partial charge in [-0.15, -0.1) is 11.3 Å². The molecule has 0 unspecified atom stereocenters. The molecule has 1 aliphatic rings. The quantitative estimate of drug-likeness (QED) is 0.802. The lowest BCUT2D eigenvalue weighted by molar-refractivity contribution is -0.142. The molecule has 2 aromatic rings. The number of carboxylic acid groups (broad SMARTS) is 1. The molecule has 1 aromatic carbocycles. The summed E-state index contributed by atoms with van der Waals surface area (Å²) in [6.45, 7) is 4.39. The first-order valence-electron chi connectivity index (χ1n) is 8.58. The van der Waals surface area contributed by atoms with Gasteiger partial charge in [-0.1, -0.05) is 38.1 Å². The Hall–Kier alpha value is -1.88. The van der Waals surface area contributed by atoms with Crippen molar-refractivity contribution in [2.45, 2.75) is 51.5 Å². The lowest BCUT2D eigenvalue weighted by Gasteiger charge is -2.26. The van der Waals surface area contributed by atoms with Gasteiger partial charge in [-0.05, 0) is 37.2 Å². The van der Waals surface area contributed by atoms with E-state index in [1.54, 1.807) is 11.3 Å². The van der Waals surface area contributed by atoms with E-state index in [9.17, 15) is 4.79 Å². The molecule has 0 aliphatic heterocycles. The van der Waals surface area contributed by atoms with E-state index in [1.807, 2.05) is 0 Å². The van der Waals surface area contributed by atoms with Crippen molar-refractivity contribution in [2.75, 3.05) is 5.32 Å². The van der Waals surface area contributed by atoms with Crippen LogP contribution in [0, 0.1) is 5.92 Å². The van der Waals surface area contributed by atoms with Crippen molar-refractivity contribution >= 4 is 22.4 Å². The van der Waals surface area contributed by atoms with Crippen LogP contribution >= 0.6 is 11.3 Å². The number of anilines is 1. The molecule has 24 heavy (non-hydrogen) atoms. The highest BCUT2D eigenvalue weighted by Gasteiger charge is 2.26. The van der Waals surface area contributed by atoms with Crippen LogP contribution in [0.4, 0.5) is 5.13 Å². The first-order valence-corrected chi connectivity index (χ1v) is 9.46. The minimum absolute atomic E-state index is 0.172. The van der Waals surface area contributed by atoms with E-state index >= 15 is 0 Å². The second-order valence-corrected chi connectivity index (χ2v) is 7.70. The van der Waals surface area contributed by atoms with Crippen LogP contribution in [0.3, 0.4) is 0 Å². The number of benzene rings is 1. The highest BCUT2D eigenvalue weighted by Crippen LogP contribution is 2.30. The number of rotatable bonds is 5. The number of nitrogens with zero attached hydrogens (tertiary/aromatic N) is 1. The predicted molar refractivity (Wildman–Crippen MR) is 98.6 cm³/mol. The van der Waals surface area contributed by atoms with E-state index in [0.717, 1.165) is 42.1 Å². The van der Waals surface area contributed by atoms with Gasteiger partial charge in [0, 0.05) is 17.0 Å². The van der Waals surface area contributed by atoms with Crippen LogP contribution in [0.2, 0.25) is 0 Å².